The first-order valence-electron chi connectivity index (χ1n) is 16.5. The van der Waals surface area contributed by atoms with Crippen LogP contribution in [0.1, 0.15) is 41.1 Å². The Morgan fingerprint density at radius 2 is 1.65 bits per heavy atom. The zero-order valence-corrected chi connectivity index (χ0v) is 27.5. The summed E-state index contributed by atoms with van der Waals surface area (Å²) >= 11 is 0. The number of hydrogen-bond acceptors (Lipinski definition) is 10. The Hall–Kier alpha value is -4.88. The molecule has 49 heavy (non-hydrogen) atoms. The monoisotopic (exact) mass is 666 g/mol. The summed E-state index contributed by atoms with van der Waals surface area (Å²) in [5.41, 5.74) is 4.01. The van der Waals surface area contributed by atoms with Crippen LogP contribution in [0.15, 0.2) is 97.3 Å². The predicted octanol–water partition coefficient (Wildman–Crippen LogP) is 4.24. The van der Waals surface area contributed by atoms with Gasteiger partial charge < -0.3 is 34.9 Å². The summed E-state index contributed by atoms with van der Waals surface area (Å²) in [5.74, 6) is 0.214. The van der Waals surface area contributed by atoms with Crippen LogP contribution in [0.25, 0.3) is 0 Å². The molecule has 6 rings (SSSR count). The highest BCUT2D eigenvalue weighted by molar-refractivity contribution is 5.92. The number of aromatic nitrogens is 2. The topological polar surface area (TPSA) is 138 Å². The minimum atomic E-state index is -0.860. The molecular formula is C37H42N6O6. The van der Waals surface area contributed by atoms with E-state index in [1.165, 1.54) is 7.11 Å². The highest BCUT2D eigenvalue weighted by atomic mass is 16.7. The minimum Gasteiger partial charge on any atom is -0.467 e. The van der Waals surface area contributed by atoms with Crippen LogP contribution in [0.3, 0.4) is 0 Å². The van der Waals surface area contributed by atoms with Crippen LogP contribution in [0, 0.1) is 0 Å². The largest absolute Gasteiger partial charge is 0.467 e. The number of piperazine rings is 1. The van der Waals surface area contributed by atoms with Crippen molar-refractivity contribution in [2.24, 2.45) is 0 Å². The smallest absolute Gasteiger partial charge is 0.328 e. The lowest BCUT2D eigenvalue weighted by Gasteiger charge is -2.40. The van der Waals surface area contributed by atoms with E-state index < -0.39 is 24.3 Å². The van der Waals surface area contributed by atoms with Gasteiger partial charge in [0.15, 0.2) is 6.29 Å². The van der Waals surface area contributed by atoms with E-state index in [9.17, 15) is 14.7 Å². The molecule has 0 bridgehead atoms. The molecule has 0 unspecified atom stereocenters. The fraction of sp³-hybridized carbons (Fsp3) is 0.351. The van der Waals surface area contributed by atoms with Crippen LogP contribution < -0.4 is 15.5 Å². The van der Waals surface area contributed by atoms with Gasteiger partial charge in [0.2, 0.25) is 5.95 Å². The molecule has 12 heteroatoms. The van der Waals surface area contributed by atoms with E-state index in [0.29, 0.717) is 18.5 Å². The first kappa shape index (κ1) is 34.0. The number of carbonyl (C=O) groups excluding carboxylic acids is 2. The van der Waals surface area contributed by atoms with Gasteiger partial charge in [0, 0.05) is 69.2 Å². The number of aliphatic hydroxyl groups excluding tert-OH is 1. The first-order valence-corrected chi connectivity index (χ1v) is 16.5. The Labute approximate surface area is 286 Å². The number of ether oxygens (including phenoxy) is 3. The average Bonchev–Trinajstić information content (AvgIpc) is 3.15. The maximum Gasteiger partial charge on any atom is 0.328 e. The van der Waals surface area contributed by atoms with Crippen molar-refractivity contribution in [3.05, 3.63) is 120 Å². The summed E-state index contributed by atoms with van der Waals surface area (Å²) in [6.07, 6.45) is 3.43. The van der Waals surface area contributed by atoms with Crippen molar-refractivity contribution >= 4 is 23.6 Å². The number of anilines is 2. The fourth-order valence-corrected chi connectivity index (χ4v) is 6.18. The Morgan fingerprint density at radius 1 is 0.898 bits per heavy atom. The maximum atomic E-state index is 13.1. The molecule has 2 aliphatic rings. The zero-order chi connectivity index (χ0) is 34.0. The molecule has 2 aliphatic heterocycles. The van der Waals surface area contributed by atoms with Gasteiger partial charge in [-0.3, -0.25) is 4.90 Å². The highest BCUT2D eigenvalue weighted by Gasteiger charge is 2.34. The molecule has 3 N–H and O–H groups in total. The summed E-state index contributed by atoms with van der Waals surface area (Å²) in [7, 11) is 1.30. The van der Waals surface area contributed by atoms with Crippen molar-refractivity contribution in [2.75, 3.05) is 50.1 Å². The number of hydrogen-bond donors (Lipinski definition) is 3. The molecule has 3 heterocycles. The number of methoxy groups -OCH3 is 1. The maximum absolute atomic E-state index is 13.1. The van der Waals surface area contributed by atoms with Crippen molar-refractivity contribution in [1.82, 2.24) is 20.2 Å². The third kappa shape index (κ3) is 9.18. The number of urea groups is 1. The van der Waals surface area contributed by atoms with Gasteiger partial charge in [-0.25, -0.2) is 19.6 Å². The van der Waals surface area contributed by atoms with E-state index in [1.807, 2.05) is 78.9 Å². The van der Waals surface area contributed by atoms with Crippen LogP contribution in [0.4, 0.5) is 16.4 Å². The second kappa shape index (κ2) is 16.5. The quantitative estimate of drug-likeness (QED) is 0.199. The second-order valence-corrected chi connectivity index (χ2v) is 12.2. The zero-order valence-electron chi connectivity index (χ0n) is 27.5. The van der Waals surface area contributed by atoms with Crippen LogP contribution in [0.5, 0.6) is 0 Å². The highest BCUT2D eigenvalue weighted by Crippen LogP contribution is 2.38. The predicted molar refractivity (Wildman–Crippen MR) is 184 cm³/mol. The number of amides is 2. The number of carbonyl (C=O) groups is 2. The van der Waals surface area contributed by atoms with Crippen molar-refractivity contribution in [2.45, 2.75) is 44.0 Å². The van der Waals surface area contributed by atoms with Crippen molar-refractivity contribution in [3.8, 4) is 0 Å². The van der Waals surface area contributed by atoms with Gasteiger partial charge in [-0.1, -0.05) is 66.7 Å². The normalized spacial score (nSPS) is 20.3. The van der Waals surface area contributed by atoms with Gasteiger partial charge in [0.1, 0.15) is 6.04 Å². The molecule has 0 spiro atoms. The average molecular weight is 667 g/mol. The van der Waals surface area contributed by atoms with Crippen LogP contribution in [0.2, 0.25) is 0 Å². The van der Waals surface area contributed by atoms with Crippen molar-refractivity contribution < 1.29 is 28.9 Å². The van der Waals surface area contributed by atoms with Gasteiger partial charge in [-0.2, -0.15) is 0 Å². The molecule has 2 amide bonds. The van der Waals surface area contributed by atoms with E-state index >= 15 is 0 Å². The third-order valence-corrected chi connectivity index (χ3v) is 8.77. The molecule has 256 valence electrons. The number of rotatable bonds is 11. The van der Waals surface area contributed by atoms with Crippen LogP contribution >= 0.6 is 0 Å². The van der Waals surface area contributed by atoms with E-state index in [2.05, 4.69) is 30.4 Å². The second-order valence-electron chi connectivity index (χ2n) is 12.2. The standard InChI is InChI=1S/C37H42N6O6/c1-47-34(45)32(21-26-7-3-2-4-8-26)41-37(46)40-30-10-5-9-29(22-30)35-48-31(23-33(49-35)28-13-11-27(25-44)12-14-28)24-42-17-19-43(20-18-42)36-38-15-6-16-39-36/h2-16,22,31-33,35,44H,17-21,23-25H2,1H3,(H2,40,41,46)/t31-,32-,33+,35+/m0/s1. The fourth-order valence-electron chi connectivity index (χ4n) is 6.18. The summed E-state index contributed by atoms with van der Waals surface area (Å²) in [6.45, 7) is 4.04. The lowest BCUT2D eigenvalue weighted by molar-refractivity contribution is -0.253. The van der Waals surface area contributed by atoms with Crippen LogP contribution in [-0.4, -0.2) is 84.0 Å². The third-order valence-electron chi connectivity index (χ3n) is 8.77. The van der Waals surface area contributed by atoms with E-state index in [1.54, 1.807) is 18.5 Å². The van der Waals surface area contributed by atoms with Crippen LogP contribution in [-0.2, 0) is 32.0 Å². The molecular weight excluding hydrogens is 624 g/mol. The number of nitrogens with one attached hydrogen (secondary N) is 2. The Balaban J connectivity index is 1.13. The molecule has 0 radical (unpaired) electrons. The molecule has 2 fully saturated rings. The lowest BCUT2D eigenvalue weighted by atomic mass is 9.99. The molecule has 2 saturated heterocycles. The Bertz CT molecular complexity index is 1650. The van der Waals surface area contributed by atoms with E-state index in [4.69, 9.17) is 14.2 Å². The number of aliphatic hydroxyl groups is 1. The molecule has 0 aliphatic carbocycles. The lowest BCUT2D eigenvalue weighted by Crippen LogP contribution is -2.50. The SMILES string of the molecule is COC(=O)[C@H](Cc1ccccc1)NC(=O)Nc1cccc([C@@H]2O[C@H](CN3CCN(c4ncccn4)CC3)C[C@H](c3ccc(CO)cc3)O2)c1. The Morgan fingerprint density at radius 3 is 2.37 bits per heavy atom. The van der Waals surface area contributed by atoms with Gasteiger partial charge in [0.25, 0.3) is 0 Å². The summed E-state index contributed by atoms with van der Waals surface area (Å²) in [4.78, 5) is 38.9. The van der Waals surface area contributed by atoms with Gasteiger partial charge in [-0.15, -0.1) is 0 Å². The van der Waals surface area contributed by atoms with Gasteiger partial charge in [-0.05, 0) is 34.9 Å². The van der Waals surface area contributed by atoms with Crippen molar-refractivity contribution in [1.29, 1.82) is 0 Å². The van der Waals surface area contributed by atoms with E-state index in [-0.39, 0.29) is 18.8 Å². The number of benzene rings is 3. The molecule has 1 aromatic heterocycles. The van der Waals surface area contributed by atoms with Gasteiger partial charge in [0.05, 0.1) is 25.9 Å². The molecule has 12 nitrogen and oxygen atoms in total. The molecule has 0 saturated carbocycles. The van der Waals surface area contributed by atoms with E-state index in [0.717, 1.165) is 60.9 Å². The summed E-state index contributed by atoms with van der Waals surface area (Å²) < 4.78 is 18.1. The minimum absolute atomic E-state index is 0.0276. The number of nitrogens with zero attached hydrogens (tertiary/aromatic N) is 4. The molecule has 4 atom stereocenters. The molecule has 3 aromatic carbocycles. The number of esters is 1. The Kier molecular flexibility index (Phi) is 11.4. The first-order chi connectivity index (χ1) is 24.0. The summed E-state index contributed by atoms with van der Waals surface area (Å²) in [6, 6.07) is 25.0. The summed E-state index contributed by atoms with van der Waals surface area (Å²) in [5, 5.41) is 15.2. The van der Waals surface area contributed by atoms with Gasteiger partial charge >= 0.3 is 12.0 Å². The van der Waals surface area contributed by atoms with Crippen molar-refractivity contribution in [3.63, 3.8) is 0 Å². The molecule has 4 aromatic rings.